The fourth-order valence-electron chi connectivity index (χ4n) is 3.21. The number of carbonyl (C=O) groups is 1. The van der Waals surface area contributed by atoms with Gasteiger partial charge in [0.25, 0.3) is 0 Å². The number of nitrogens with zero attached hydrogens (tertiary/aromatic N) is 1. The number of benzene rings is 1. The first-order chi connectivity index (χ1) is 8.55. The Labute approximate surface area is 108 Å². The highest BCUT2D eigenvalue weighted by atomic mass is 16.5. The second-order valence-electron chi connectivity index (χ2n) is 5.72. The fourth-order valence-corrected chi connectivity index (χ4v) is 3.21. The lowest BCUT2D eigenvalue weighted by Crippen LogP contribution is -2.43. The Morgan fingerprint density at radius 1 is 1.28 bits per heavy atom. The smallest absolute Gasteiger partial charge is 0.228 e. The summed E-state index contributed by atoms with van der Waals surface area (Å²) < 4.78 is 5.90. The Balaban J connectivity index is 2.00. The Bertz CT molecular complexity index is 473. The van der Waals surface area contributed by atoms with Crippen molar-refractivity contribution >= 4 is 5.91 Å². The minimum absolute atomic E-state index is 0.0881. The molecule has 1 amide bonds. The Morgan fingerprint density at radius 3 is 2.61 bits per heavy atom. The summed E-state index contributed by atoms with van der Waals surface area (Å²) in [4.78, 5) is 14.4. The zero-order valence-corrected chi connectivity index (χ0v) is 11.1. The van der Waals surface area contributed by atoms with E-state index in [2.05, 4.69) is 13.8 Å². The number of carbonyl (C=O) groups excluding carboxylic acids is 1. The average Bonchev–Trinajstić information content (AvgIpc) is 2.82. The van der Waals surface area contributed by atoms with Gasteiger partial charge in [-0.15, -0.1) is 0 Å². The summed E-state index contributed by atoms with van der Waals surface area (Å²) in [5, 5.41) is 0. The summed E-state index contributed by atoms with van der Waals surface area (Å²) in [5.74, 6) is 0.639. The van der Waals surface area contributed by atoms with Gasteiger partial charge in [-0.05, 0) is 12.8 Å². The highest BCUT2D eigenvalue weighted by Gasteiger charge is 2.58. The summed E-state index contributed by atoms with van der Waals surface area (Å²) in [5.41, 5.74) is 0.910. The highest BCUT2D eigenvalue weighted by molar-refractivity contribution is 5.83. The normalized spacial score (nSPS) is 39.2. The van der Waals surface area contributed by atoms with Crippen molar-refractivity contribution in [2.24, 2.45) is 11.8 Å². The van der Waals surface area contributed by atoms with E-state index in [9.17, 15) is 4.79 Å². The van der Waals surface area contributed by atoms with Crippen LogP contribution in [0.4, 0.5) is 0 Å². The van der Waals surface area contributed by atoms with E-state index in [4.69, 9.17) is 4.74 Å². The van der Waals surface area contributed by atoms with Gasteiger partial charge in [0, 0.05) is 11.5 Å². The van der Waals surface area contributed by atoms with E-state index in [0.717, 1.165) is 5.56 Å². The monoisotopic (exact) mass is 245 g/mol. The van der Waals surface area contributed by atoms with Crippen molar-refractivity contribution in [2.45, 2.75) is 32.5 Å². The van der Waals surface area contributed by atoms with Crippen LogP contribution in [0.2, 0.25) is 0 Å². The summed E-state index contributed by atoms with van der Waals surface area (Å²) in [7, 11) is 0. The molecular weight excluding hydrogens is 226 g/mol. The largest absolute Gasteiger partial charge is 0.351 e. The number of hydrogen-bond acceptors (Lipinski definition) is 2. The van der Waals surface area contributed by atoms with Crippen LogP contribution in [-0.2, 0) is 9.53 Å². The van der Waals surface area contributed by atoms with E-state index in [-0.39, 0.29) is 23.6 Å². The Kier molecular flexibility index (Phi) is 2.49. The van der Waals surface area contributed by atoms with Gasteiger partial charge in [0.2, 0.25) is 5.91 Å². The molecule has 3 heteroatoms. The molecule has 1 aromatic rings. The third-order valence-electron chi connectivity index (χ3n) is 4.76. The molecule has 1 aromatic carbocycles. The predicted molar refractivity (Wildman–Crippen MR) is 68.7 cm³/mol. The van der Waals surface area contributed by atoms with Gasteiger partial charge in [0.05, 0.1) is 12.1 Å². The SMILES string of the molecule is CC1C(=O)N2C(c3ccccc3)OC[C@@]2(C)C1C. The molecule has 0 N–H and O–H groups in total. The molecule has 0 aromatic heterocycles. The maximum Gasteiger partial charge on any atom is 0.228 e. The van der Waals surface area contributed by atoms with E-state index in [0.29, 0.717) is 12.5 Å². The van der Waals surface area contributed by atoms with Crippen LogP contribution in [0.15, 0.2) is 30.3 Å². The zero-order valence-electron chi connectivity index (χ0n) is 11.1. The molecule has 3 nitrogen and oxygen atoms in total. The molecule has 4 atom stereocenters. The molecule has 2 heterocycles. The van der Waals surface area contributed by atoms with Crippen molar-refractivity contribution in [3.8, 4) is 0 Å². The maximum absolute atomic E-state index is 12.4. The standard InChI is InChI=1S/C15H19NO2/c1-10-11(2)15(3)9-18-14(16(15)13(10)17)12-7-5-4-6-8-12/h4-8,10-11,14H,9H2,1-3H3/t10?,11?,14?,15-/m0/s1. The molecule has 0 bridgehead atoms. The van der Waals surface area contributed by atoms with E-state index in [1.54, 1.807) is 0 Å². The second-order valence-corrected chi connectivity index (χ2v) is 5.72. The molecule has 2 saturated heterocycles. The molecule has 18 heavy (non-hydrogen) atoms. The predicted octanol–water partition coefficient (Wildman–Crippen LogP) is 2.59. The quantitative estimate of drug-likeness (QED) is 0.761. The van der Waals surface area contributed by atoms with Crippen LogP contribution in [0.25, 0.3) is 0 Å². The molecule has 3 unspecified atom stereocenters. The molecule has 2 fully saturated rings. The first-order valence-electron chi connectivity index (χ1n) is 6.55. The number of hydrogen-bond donors (Lipinski definition) is 0. The van der Waals surface area contributed by atoms with Crippen molar-refractivity contribution < 1.29 is 9.53 Å². The van der Waals surface area contributed by atoms with Gasteiger partial charge in [-0.2, -0.15) is 0 Å². The number of ether oxygens (including phenoxy) is 1. The Hall–Kier alpha value is -1.35. The topological polar surface area (TPSA) is 29.5 Å². The average molecular weight is 245 g/mol. The highest BCUT2D eigenvalue weighted by Crippen LogP contribution is 2.49. The minimum atomic E-state index is -0.212. The van der Waals surface area contributed by atoms with Gasteiger partial charge in [-0.1, -0.05) is 44.2 Å². The van der Waals surface area contributed by atoms with Crippen molar-refractivity contribution in [2.75, 3.05) is 6.61 Å². The van der Waals surface area contributed by atoms with E-state index in [1.165, 1.54) is 0 Å². The van der Waals surface area contributed by atoms with Crippen LogP contribution in [-0.4, -0.2) is 23.0 Å². The Morgan fingerprint density at radius 2 is 1.94 bits per heavy atom. The summed E-state index contributed by atoms with van der Waals surface area (Å²) >= 11 is 0. The van der Waals surface area contributed by atoms with Crippen LogP contribution >= 0.6 is 0 Å². The minimum Gasteiger partial charge on any atom is -0.351 e. The molecule has 2 aliphatic heterocycles. The summed E-state index contributed by atoms with van der Waals surface area (Å²) in [6.07, 6.45) is -0.212. The van der Waals surface area contributed by atoms with E-state index < -0.39 is 0 Å². The van der Waals surface area contributed by atoms with Gasteiger partial charge in [-0.3, -0.25) is 4.79 Å². The fraction of sp³-hybridized carbons (Fsp3) is 0.533. The van der Waals surface area contributed by atoms with Gasteiger partial charge in [0.15, 0.2) is 6.23 Å². The van der Waals surface area contributed by atoms with Crippen LogP contribution in [0, 0.1) is 11.8 Å². The lowest BCUT2D eigenvalue weighted by atomic mass is 9.84. The van der Waals surface area contributed by atoms with Crippen molar-refractivity contribution in [1.82, 2.24) is 4.90 Å². The van der Waals surface area contributed by atoms with Gasteiger partial charge in [-0.25, -0.2) is 0 Å². The molecule has 0 saturated carbocycles. The molecule has 3 rings (SSSR count). The molecule has 96 valence electrons. The lowest BCUT2D eigenvalue weighted by Gasteiger charge is -2.31. The number of rotatable bonds is 1. The zero-order chi connectivity index (χ0) is 12.9. The summed E-state index contributed by atoms with van der Waals surface area (Å²) in [6, 6.07) is 10.0. The first-order valence-corrected chi connectivity index (χ1v) is 6.55. The van der Waals surface area contributed by atoms with Crippen LogP contribution < -0.4 is 0 Å². The molecule has 0 aliphatic carbocycles. The lowest BCUT2D eigenvalue weighted by molar-refractivity contribution is -0.138. The maximum atomic E-state index is 12.4. The molecule has 2 aliphatic rings. The van der Waals surface area contributed by atoms with Gasteiger partial charge >= 0.3 is 0 Å². The van der Waals surface area contributed by atoms with Crippen LogP contribution in [0.3, 0.4) is 0 Å². The first kappa shape index (κ1) is 11.7. The van der Waals surface area contributed by atoms with Crippen molar-refractivity contribution in [1.29, 1.82) is 0 Å². The van der Waals surface area contributed by atoms with Crippen LogP contribution in [0.1, 0.15) is 32.6 Å². The van der Waals surface area contributed by atoms with E-state index >= 15 is 0 Å². The van der Waals surface area contributed by atoms with Gasteiger partial charge in [0.1, 0.15) is 0 Å². The van der Waals surface area contributed by atoms with E-state index in [1.807, 2.05) is 42.2 Å². The van der Waals surface area contributed by atoms with Crippen molar-refractivity contribution in [3.63, 3.8) is 0 Å². The molecule has 0 spiro atoms. The number of amides is 1. The van der Waals surface area contributed by atoms with Gasteiger partial charge < -0.3 is 9.64 Å². The molecule has 0 radical (unpaired) electrons. The second kappa shape index (κ2) is 3.82. The molecular formula is C15H19NO2. The summed E-state index contributed by atoms with van der Waals surface area (Å²) in [6.45, 7) is 6.95. The number of fused-ring (bicyclic) bond motifs is 1. The third kappa shape index (κ3) is 1.37. The van der Waals surface area contributed by atoms with Crippen molar-refractivity contribution in [3.05, 3.63) is 35.9 Å². The third-order valence-corrected chi connectivity index (χ3v) is 4.76. The van der Waals surface area contributed by atoms with Crippen LogP contribution in [0.5, 0.6) is 0 Å².